The molecule has 3 aromatic rings. The largest absolute Gasteiger partial charge is 0.383 e. The van der Waals surface area contributed by atoms with Crippen molar-refractivity contribution in [1.82, 2.24) is 14.5 Å². The van der Waals surface area contributed by atoms with Crippen LogP contribution in [0.3, 0.4) is 0 Å². The molecule has 7 heteroatoms. The first-order valence-electron chi connectivity index (χ1n) is 10.1. The minimum atomic E-state index is -0.205. The molecule has 150 valence electrons. The fraction of sp³-hybridized carbons (Fsp3) is 0.304. The number of nitrogens with zero attached hydrogens (tertiary/aromatic N) is 4. The molecule has 1 amide bonds. The van der Waals surface area contributed by atoms with Crippen LogP contribution in [-0.4, -0.2) is 26.9 Å². The first-order valence-corrected chi connectivity index (χ1v) is 10.1. The van der Waals surface area contributed by atoms with E-state index in [0.717, 1.165) is 35.0 Å². The van der Waals surface area contributed by atoms with E-state index in [-0.39, 0.29) is 28.8 Å². The minimum absolute atomic E-state index is 0.112. The van der Waals surface area contributed by atoms with Gasteiger partial charge in [0.05, 0.1) is 11.2 Å². The number of amides is 1. The molecular weight excluding hydrogens is 378 g/mol. The van der Waals surface area contributed by atoms with Crippen LogP contribution in [0.15, 0.2) is 35.1 Å². The fourth-order valence-corrected chi connectivity index (χ4v) is 4.37. The number of carbonyl (C=O) groups excluding carboxylic acids is 1. The Labute approximate surface area is 173 Å². The molecule has 1 aromatic carbocycles. The zero-order chi connectivity index (χ0) is 21.0. The van der Waals surface area contributed by atoms with Gasteiger partial charge in [-0.2, -0.15) is 5.26 Å². The van der Waals surface area contributed by atoms with Crippen molar-refractivity contribution >= 4 is 22.6 Å². The second kappa shape index (κ2) is 6.70. The van der Waals surface area contributed by atoms with Gasteiger partial charge < -0.3 is 15.2 Å². The lowest BCUT2D eigenvalue weighted by Gasteiger charge is -2.30. The minimum Gasteiger partial charge on any atom is -0.383 e. The summed E-state index contributed by atoms with van der Waals surface area (Å²) < 4.78 is 1.59. The Hall–Kier alpha value is -3.66. The molecule has 3 heterocycles. The van der Waals surface area contributed by atoms with Gasteiger partial charge in [-0.25, -0.2) is 4.98 Å². The van der Waals surface area contributed by atoms with Crippen molar-refractivity contribution in [3.05, 3.63) is 57.5 Å². The quantitative estimate of drug-likeness (QED) is 0.712. The second-order valence-electron chi connectivity index (χ2n) is 8.05. The van der Waals surface area contributed by atoms with Gasteiger partial charge in [0.1, 0.15) is 17.5 Å². The number of carbonyl (C=O) groups is 1. The molecule has 0 spiro atoms. The number of fused-ring (bicyclic) bond motifs is 2. The van der Waals surface area contributed by atoms with E-state index >= 15 is 0 Å². The molecule has 0 bridgehead atoms. The van der Waals surface area contributed by atoms with Gasteiger partial charge in [0.25, 0.3) is 5.56 Å². The van der Waals surface area contributed by atoms with E-state index in [0.29, 0.717) is 30.6 Å². The van der Waals surface area contributed by atoms with Crippen LogP contribution in [-0.2, 0) is 24.8 Å². The van der Waals surface area contributed by atoms with E-state index in [2.05, 4.69) is 11.1 Å². The monoisotopic (exact) mass is 399 g/mol. The topological polar surface area (TPSA) is 105 Å². The molecule has 1 fully saturated rings. The number of pyridine rings is 2. The number of aromatic nitrogens is 2. The van der Waals surface area contributed by atoms with Crippen LogP contribution in [0.25, 0.3) is 22.0 Å². The van der Waals surface area contributed by atoms with Crippen LogP contribution in [0.5, 0.6) is 0 Å². The molecule has 0 radical (unpaired) electrons. The zero-order valence-electron chi connectivity index (χ0n) is 16.7. The van der Waals surface area contributed by atoms with Crippen LogP contribution in [0.2, 0.25) is 0 Å². The molecule has 1 saturated carbocycles. The summed E-state index contributed by atoms with van der Waals surface area (Å²) in [6.45, 7) is 0.924. The molecule has 2 aliphatic rings. The first-order chi connectivity index (χ1) is 14.5. The van der Waals surface area contributed by atoms with Crippen LogP contribution >= 0.6 is 0 Å². The third-order valence-electron chi connectivity index (χ3n) is 6.13. The summed E-state index contributed by atoms with van der Waals surface area (Å²) in [5.74, 6) is 0.387. The Balaban J connectivity index is 1.77. The summed E-state index contributed by atoms with van der Waals surface area (Å²) in [6, 6.07) is 11.6. The summed E-state index contributed by atoms with van der Waals surface area (Å²) in [5.41, 5.74) is 9.37. The Morgan fingerprint density at radius 3 is 2.80 bits per heavy atom. The van der Waals surface area contributed by atoms with Crippen molar-refractivity contribution in [2.75, 3.05) is 12.3 Å². The molecule has 5 rings (SSSR count). The highest BCUT2D eigenvalue weighted by atomic mass is 16.2. The molecule has 2 aromatic heterocycles. The molecule has 1 aliphatic carbocycles. The van der Waals surface area contributed by atoms with Gasteiger partial charge in [0.2, 0.25) is 5.91 Å². The van der Waals surface area contributed by atoms with Crippen LogP contribution in [0.4, 0.5) is 5.82 Å². The molecule has 1 aliphatic heterocycles. The maximum atomic E-state index is 13.3. The number of anilines is 1. The molecule has 0 saturated heterocycles. The number of hydrogen-bond acceptors (Lipinski definition) is 5. The predicted octanol–water partition coefficient (Wildman–Crippen LogP) is 2.35. The summed E-state index contributed by atoms with van der Waals surface area (Å²) in [5, 5.41) is 10.7. The lowest BCUT2D eigenvalue weighted by atomic mass is 9.91. The summed E-state index contributed by atoms with van der Waals surface area (Å²) >= 11 is 0. The first kappa shape index (κ1) is 18.4. The number of aryl methyl sites for hydroxylation is 1. The van der Waals surface area contributed by atoms with Crippen molar-refractivity contribution in [2.45, 2.75) is 25.8 Å². The lowest BCUT2D eigenvalue weighted by Crippen LogP contribution is -2.38. The van der Waals surface area contributed by atoms with Crippen molar-refractivity contribution in [1.29, 1.82) is 5.26 Å². The summed E-state index contributed by atoms with van der Waals surface area (Å²) in [4.78, 5) is 32.3. The van der Waals surface area contributed by atoms with Gasteiger partial charge in [0.15, 0.2) is 0 Å². The van der Waals surface area contributed by atoms with Gasteiger partial charge >= 0.3 is 0 Å². The Bertz CT molecular complexity index is 1310. The van der Waals surface area contributed by atoms with E-state index in [4.69, 9.17) is 5.73 Å². The van der Waals surface area contributed by atoms with Crippen molar-refractivity contribution in [3.8, 4) is 17.2 Å². The van der Waals surface area contributed by atoms with E-state index in [1.54, 1.807) is 11.6 Å². The number of nitriles is 1. The third-order valence-corrected chi connectivity index (χ3v) is 6.13. The number of benzene rings is 1. The van der Waals surface area contributed by atoms with Gasteiger partial charge in [-0.05, 0) is 30.4 Å². The van der Waals surface area contributed by atoms with Crippen LogP contribution in [0.1, 0.15) is 29.7 Å². The van der Waals surface area contributed by atoms with Gasteiger partial charge in [-0.1, -0.05) is 18.2 Å². The zero-order valence-corrected chi connectivity index (χ0v) is 16.7. The smallest absolute Gasteiger partial charge is 0.258 e. The van der Waals surface area contributed by atoms with Crippen LogP contribution in [0, 0.1) is 17.2 Å². The normalized spacial score (nSPS) is 15.7. The standard InChI is InChI=1S/C23H21N5O2/c1-27-19-5-3-2-4-14(19)10-15(23(27)30)20-16(11-24)21(25)26-18-8-9-28(12-17(18)20)22(29)13-6-7-13/h2-5,10,13H,6-9,12H2,1H3,(H2,25,26). The van der Waals surface area contributed by atoms with E-state index in [9.17, 15) is 14.9 Å². The van der Waals surface area contributed by atoms with Crippen molar-refractivity contribution < 1.29 is 4.79 Å². The van der Waals surface area contributed by atoms with Gasteiger partial charge in [0, 0.05) is 49.2 Å². The molecule has 2 N–H and O–H groups in total. The molecule has 0 atom stereocenters. The van der Waals surface area contributed by atoms with Gasteiger partial charge in [-0.3, -0.25) is 9.59 Å². The Kier molecular flexibility index (Phi) is 4.10. The Morgan fingerprint density at radius 2 is 2.07 bits per heavy atom. The van der Waals surface area contributed by atoms with Crippen molar-refractivity contribution in [3.63, 3.8) is 0 Å². The number of nitrogens with two attached hydrogens (primary N) is 1. The summed E-state index contributed by atoms with van der Waals surface area (Å²) in [7, 11) is 1.72. The van der Waals surface area contributed by atoms with Crippen LogP contribution < -0.4 is 11.3 Å². The number of nitrogen functional groups attached to an aromatic ring is 1. The van der Waals surface area contributed by atoms with E-state index < -0.39 is 0 Å². The SMILES string of the molecule is Cn1c(=O)c(-c2c(C#N)c(N)nc3c2CN(C(=O)C2CC2)CC3)cc2ccccc21. The molecule has 0 unspecified atom stereocenters. The lowest BCUT2D eigenvalue weighted by molar-refractivity contribution is -0.133. The van der Waals surface area contributed by atoms with Crippen molar-refractivity contribution in [2.24, 2.45) is 13.0 Å². The molecule has 30 heavy (non-hydrogen) atoms. The second-order valence-corrected chi connectivity index (χ2v) is 8.05. The Morgan fingerprint density at radius 1 is 1.30 bits per heavy atom. The highest BCUT2D eigenvalue weighted by molar-refractivity contribution is 5.88. The third kappa shape index (κ3) is 2.76. The highest BCUT2D eigenvalue weighted by Crippen LogP contribution is 2.37. The van der Waals surface area contributed by atoms with Gasteiger partial charge in [-0.15, -0.1) is 0 Å². The summed E-state index contributed by atoms with van der Waals surface area (Å²) in [6.07, 6.45) is 2.43. The average molecular weight is 399 g/mol. The highest BCUT2D eigenvalue weighted by Gasteiger charge is 2.36. The number of rotatable bonds is 2. The average Bonchev–Trinajstić information content (AvgIpc) is 3.60. The number of hydrogen-bond donors (Lipinski definition) is 1. The maximum Gasteiger partial charge on any atom is 0.258 e. The van der Waals surface area contributed by atoms with E-state index in [1.807, 2.05) is 35.2 Å². The number of para-hydroxylation sites is 1. The molecule has 7 nitrogen and oxygen atoms in total. The maximum absolute atomic E-state index is 13.3. The van der Waals surface area contributed by atoms with E-state index in [1.165, 1.54) is 0 Å². The fourth-order valence-electron chi connectivity index (χ4n) is 4.37. The predicted molar refractivity (Wildman–Crippen MR) is 113 cm³/mol. The molecular formula is C23H21N5O2.